The molecule has 2 N–H and O–H groups in total. The van der Waals surface area contributed by atoms with Gasteiger partial charge in [-0.3, -0.25) is 4.99 Å². The molecule has 1 rings (SSSR count). The van der Waals surface area contributed by atoms with Gasteiger partial charge in [0, 0.05) is 23.7 Å². The zero-order chi connectivity index (χ0) is 18.2. The fourth-order valence-corrected chi connectivity index (χ4v) is 2.19. The molecule has 0 aliphatic carbocycles. The van der Waals surface area contributed by atoms with Crippen LogP contribution >= 0.6 is 35.6 Å². The molecule has 0 aromatic heterocycles. The van der Waals surface area contributed by atoms with Gasteiger partial charge in [-0.15, -0.1) is 24.0 Å². The molecule has 7 heteroatoms. The minimum atomic E-state index is 0. The van der Waals surface area contributed by atoms with Crippen LogP contribution in [0.25, 0.3) is 0 Å². The molecule has 0 saturated carbocycles. The number of ether oxygens (including phenoxy) is 1. The Kier molecular flexibility index (Phi) is 11.5. The van der Waals surface area contributed by atoms with Gasteiger partial charge in [-0.25, -0.2) is 0 Å². The Morgan fingerprint density at radius 2 is 1.96 bits per heavy atom. The lowest BCUT2D eigenvalue weighted by Crippen LogP contribution is -2.44. The van der Waals surface area contributed by atoms with E-state index in [1.807, 2.05) is 18.2 Å². The zero-order valence-electron chi connectivity index (χ0n) is 16.1. The minimum absolute atomic E-state index is 0. The van der Waals surface area contributed by atoms with E-state index < -0.39 is 0 Å². The molecule has 0 radical (unpaired) electrons. The first kappa shape index (κ1) is 24.3. The van der Waals surface area contributed by atoms with Crippen molar-refractivity contribution in [1.82, 2.24) is 15.5 Å². The number of nitrogens with zero attached hydrogens (tertiary/aromatic N) is 2. The highest BCUT2D eigenvalue weighted by molar-refractivity contribution is 14.0. The second kappa shape index (κ2) is 11.8. The second-order valence-electron chi connectivity index (χ2n) is 6.54. The van der Waals surface area contributed by atoms with E-state index in [1.165, 1.54) is 0 Å². The summed E-state index contributed by atoms with van der Waals surface area (Å²) in [7, 11) is 5.78. The molecule has 1 aromatic carbocycles. The molecular formula is C18H32ClIN4O. The van der Waals surface area contributed by atoms with Gasteiger partial charge in [0.05, 0.1) is 13.7 Å². The Balaban J connectivity index is 0.00000576. The van der Waals surface area contributed by atoms with Gasteiger partial charge in [-0.1, -0.05) is 17.7 Å². The van der Waals surface area contributed by atoms with E-state index in [0.717, 1.165) is 48.4 Å². The lowest BCUT2D eigenvalue weighted by molar-refractivity contribution is 0.204. The van der Waals surface area contributed by atoms with Crippen molar-refractivity contribution >= 4 is 41.5 Å². The lowest BCUT2D eigenvalue weighted by atomic mass is 10.1. The smallest absolute Gasteiger partial charge is 0.191 e. The van der Waals surface area contributed by atoms with Crippen LogP contribution in [0.15, 0.2) is 23.2 Å². The Morgan fingerprint density at radius 3 is 2.48 bits per heavy atom. The molecule has 0 aliphatic heterocycles. The molecule has 144 valence electrons. The highest BCUT2D eigenvalue weighted by Gasteiger charge is 2.19. The van der Waals surface area contributed by atoms with Gasteiger partial charge in [0.25, 0.3) is 0 Å². The molecule has 25 heavy (non-hydrogen) atoms. The van der Waals surface area contributed by atoms with Crippen LogP contribution in [-0.4, -0.2) is 57.2 Å². The Hall–Kier alpha value is -0.730. The molecule has 0 fully saturated rings. The number of hydrogen-bond donors (Lipinski definition) is 2. The number of halogens is 2. The summed E-state index contributed by atoms with van der Waals surface area (Å²) in [6.07, 6.45) is 0.824. The van der Waals surface area contributed by atoms with Crippen LogP contribution in [0.5, 0.6) is 5.75 Å². The second-order valence-corrected chi connectivity index (χ2v) is 6.94. The van der Waals surface area contributed by atoms with Crippen LogP contribution in [0.4, 0.5) is 0 Å². The number of methoxy groups -OCH3 is 1. The maximum absolute atomic E-state index is 6.28. The van der Waals surface area contributed by atoms with Crippen LogP contribution in [0, 0.1) is 0 Å². The van der Waals surface area contributed by atoms with Gasteiger partial charge in [-0.2, -0.15) is 0 Å². The molecule has 0 aliphatic rings. The number of aliphatic imine (C=N–C) groups is 1. The van der Waals surface area contributed by atoms with Crippen molar-refractivity contribution in [1.29, 1.82) is 0 Å². The van der Waals surface area contributed by atoms with Crippen molar-refractivity contribution < 1.29 is 4.74 Å². The maximum Gasteiger partial charge on any atom is 0.191 e. The van der Waals surface area contributed by atoms with Gasteiger partial charge < -0.3 is 20.3 Å². The summed E-state index contributed by atoms with van der Waals surface area (Å²) >= 11 is 6.28. The molecule has 0 bridgehead atoms. The van der Waals surface area contributed by atoms with E-state index in [0.29, 0.717) is 0 Å². The van der Waals surface area contributed by atoms with Gasteiger partial charge in [0.2, 0.25) is 0 Å². The number of hydrogen-bond acceptors (Lipinski definition) is 3. The number of benzene rings is 1. The van der Waals surface area contributed by atoms with Crippen molar-refractivity contribution in [2.45, 2.75) is 32.7 Å². The number of nitrogens with one attached hydrogen (secondary N) is 2. The summed E-state index contributed by atoms with van der Waals surface area (Å²) in [6, 6.07) is 5.78. The summed E-state index contributed by atoms with van der Waals surface area (Å²) in [4.78, 5) is 6.86. The number of likely N-dealkylation sites (N-methyl/N-ethyl adjacent to an activating group) is 1. The van der Waals surface area contributed by atoms with Crippen molar-refractivity contribution in [3.05, 3.63) is 28.8 Å². The molecular weight excluding hydrogens is 451 g/mol. The van der Waals surface area contributed by atoms with E-state index >= 15 is 0 Å². The van der Waals surface area contributed by atoms with Crippen LogP contribution in [0.1, 0.15) is 26.3 Å². The third kappa shape index (κ3) is 8.46. The third-order valence-corrected chi connectivity index (χ3v) is 4.48. The summed E-state index contributed by atoms with van der Waals surface area (Å²) in [6.45, 7) is 8.74. The molecule has 0 heterocycles. The van der Waals surface area contributed by atoms with Crippen LogP contribution in [-0.2, 0) is 6.42 Å². The molecule has 0 atom stereocenters. The van der Waals surface area contributed by atoms with Gasteiger partial charge in [-0.05, 0) is 59.0 Å². The van der Waals surface area contributed by atoms with E-state index in [4.69, 9.17) is 16.3 Å². The topological polar surface area (TPSA) is 48.9 Å². The molecule has 5 nitrogen and oxygen atoms in total. The predicted octanol–water partition coefficient (Wildman–Crippen LogP) is 3.40. The number of guanidine groups is 1. The van der Waals surface area contributed by atoms with Crippen LogP contribution in [0.3, 0.4) is 0 Å². The lowest BCUT2D eigenvalue weighted by Gasteiger charge is -2.31. The van der Waals surface area contributed by atoms with E-state index in [2.05, 4.69) is 55.4 Å². The molecule has 0 saturated heterocycles. The third-order valence-electron chi connectivity index (χ3n) is 4.13. The fourth-order valence-electron chi connectivity index (χ4n) is 1.93. The van der Waals surface area contributed by atoms with Gasteiger partial charge in [0.15, 0.2) is 5.96 Å². The number of rotatable bonds is 8. The largest absolute Gasteiger partial charge is 0.497 e. The Labute approximate surface area is 174 Å². The van der Waals surface area contributed by atoms with E-state index in [-0.39, 0.29) is 29.5 Å². The highest BCUT2D eigenvalue weighted by Crippen LogP contribution is 2.22. The Morgan fingerprint density at radius 1 is 1.28 bits per heavy atom. The first-order valence-electron chi connectivity index (χ1n) is 8.32. The molecule has 1 aromatic rings. The van der Waals surface area contributed by atoms with Crippen molar-refractivity contribution in [2.75, 3.05) is 40.8 Å². The zero-order valence-corrected chi connectivity index (χ0v) is 19.2. The standard InChI is InChI=1S/C18H31ClN4O.HI/c1-7-20-17(22-13-18(2,3)23(4)5)21-11-10-14-8-9-15(24-6)12-16(14)19;/h8-9,12H,7,10-11,13H2,1-6H3,(H2,20,21,22);1H. The quantitative estimate of drug-likeness (QED) is 0.339. The summed E-state index contributed by atoms with van der Waals surface area (Å²) in [5.41, 5.74) is 1.11. The summed E-state index contributed by atoms with van der Waals surface area (Å²) in [5, 5.41) is 7.38. The maximum atomic E-state index is 6.28. The van der Waals surface area contributed by atoms with Crippen LogP contribution in [0.2, 0.25) is 5.02 Å². The van der Waals surface area contributed by atoms with Crippen LogP contribution < -0.4 is 15.4 Å². The molecule has 0 unspecified atom stereocenters. The molecule has 0 amide bonds. The first-order valence-corrected chi connectivity index (χ1v) is 8.70. The Bertz CT molecular complexity index is 550. The van der Waals surface area contributed by atoms with Crippen molar-refractivity contribution in [2.24, 2.45) is 4.99 Å². The van der Waals surface area contributed by atoms with Gasteiger partial charge in [0.1, 0.15) is 5.75 Å². The predicted molar refractivity (Wildman–Crippen MR) is 119 cm³/mol. The summed E-state index contributed by atoms with van der Waals surface area (Å²) < 4.78 is 5.17. The van der Waals surface area contributed by atoms with E-state index in [9.17, 15) is 0 Å². The summed E-state index contributed by atoms with van der Waals surface area (Å²) in [5.74, 6) is 1.61. The highest BCUT2D eigenvalue weighted by atomic mass is 127. The van der Waals surface area contributed by atoms with Gasteiger partial charge >= 0.3 is 0 Å². The average molecular weight is 483 g/mol. The first-order chi connectivity index (χ1) is 11.3. The minimum Gasteiger partial charge on any atom is -0.497 e. The average Bonchev–Trinajstić information content (AvgIpc) is 2.53. The van der Waals surface area contributed by atoms with E-state index in [1.54, 1.807) is 7.11 Å². The van der Waals surface area contributed by atoms with Crippen molar-refractivity contribution in [3.63, 3.8) is 0 Å². The molecule has 0 spiro atoms. The van der Waals surface area contributed by atoms with Crippen molar-refractivity contribution in [3.8, 4) is 5.75 Å². The normalized spacial score (nSPS) is 11.9. The monoisotopic (exact) mass is 482 g/mol. The fraction of sp³-hybridized carbons (Fsp3) is 0.611. The SMILES string of the molecule is CCNC(=NCC(C)(C)N(C)C)NCCc1ccc(OC)cc1Cl.I.